The van der Waals surface area contributed by atoms with E-state index in [-0.39, 0.29) is 39.9 Å². The number of piperidine rings is 1. The van der Waals surface area contributed by atoms with Gasteiger partial charge in [0.05, 0.1) is 5.69 Å². The highest BCUT2D eigenvalue weighted by atomic mass is 35.5. The Morgan fingerprint density at radius 3 is 2.58 bits per heavy atom. The van der Waals surface area contributed by atoms with Crippen LogP contribution in [-0.4, -0.2) is 65.1 Å². The summed E-state index contributed by atoms with van der Waals surface area (Å²) < 4.78 is 43.0. The third-order valence-corrected chi connectivity index (χ3v) is 9.19. The van der Waals surface area contributed by atoms with Crippen LogP contribution in [-0.2, 0) is 21.4 Å². The minimum atomic E-state index is -4.02. The van der Waals surface area contributed by atoms with Crippen LogP contribution in [0.1, 0.15) is 32.3 Å². The fraction of sp³-hybridized carbons (Fsp3) is 0.379. The van der Waals surface area contributed by atoms with Crippen molar-refractivity contribution in [3.63, 3.8) is 0 Å². The van der Waals surface area contributed by atoms with Crippen LogP contribution in [0.25, 0.3) is 11.3 Å². The maximum Gasteiger partial charge on any atom is 0.269 e. The fourth-order valence-electron chi connectivity index (χ4n) is 4.86. The van der Waals surface area contributed by atoms with Gasteiger partial charge in [0.1, 0.15) is 16.6 Å². The molecule has 1 N–H and O–H groups in total. The van der Waals surface area contributed by atoms with E-state index in [2.05, 4.69) is 29.0 Å². The van der Waals surface area contributed by atoms with Gasteiger partial charge in [0.2, 0.25) is 5.91 Å². The lowest BCUT2D eigenvalue weighted by molar-refractivity contribution is -0.129. The van der Waals surface area contributed by atoms with E-state index >= 15 is 0 Å². The molecule has 0 bridgehead atoms. The van der Waals surface area contributed by atoms with Gasteiger partial charge in [0.15, 0.2) is 0 Å². The van der Waals surface area contributed by atoms with Gasteiger partial charge in [-0.1, -0.05) is 12.1 Å². The Balaban J connectivity index is 1.62. The summed E-state index contributed by atoms with van der Waals surface area (Å²) in [5.41, 5.74) is 2.22. The third-order valence-electron chi connectivity index (χ3n) is 7.30. The smallest absolute Gasteiger partial charge is 0.269 e. The summed E-state index contributed by atoms with van der Waals surface area (Å²) in [6, 6.07) is 11.1. The number of carbonyl (C=O) groups excluding carboxylic acids is 1. The number of hydrogen-bond acceptors (Lipinski definition) is 6. The first-order valence-electron chi connectivity index (χ1n) is 13.2. The van der Waals surface area contributed by atoms with Crippen LogP contribution >= 0.6 is 11.6 Å². The van der Waals surface area contributed by atoms with Crippen molar-refractivity contribution in [1.29, 1.82) is 0 Å². The number of halogens is 2. The molecule has 0 spiro atoms. The van der Waals surface area contributed by atoms with Gasteiger partial charge in [0, 0.05) is 74.7 Å². The Kier molecular flexibility index (Phi) is 9.52. The summed E-state index contributed by atoms with van der Waals surface area (Å²) >= 11 is 5.74. The van der Waals surface area contributed by atoms with Crippen LogP contribution in [0.4, 0.5) is 4.39 Å². The van der Waals surface area contributed by atoms with Crippen molar-refractivity contribution in [2.75, 3.05) is 26.0 Å². The zero-order valence-corrected chi connectivity index (χ0v) is 24.5. The molecule has 1 aromatic carbocycles. The summed E-state index contributed by atoms with van der Waals surface area (Å²) in [4.78, 5) is 20.0. The first kappa shape index (κ1) is 29.6. The molecular weight excluding hydrogens is 553 g/mol. The molecule has 214 valence electrons. The van der Waals surface area contributed by atoms with E-state index in [9.17, 15) is 17.6 Å². The van der Waals surface area contributed by atoms with Crippen LogP contribution in [0.15, 0.2) is 77.8 Å². The van der Waals surface area contributed by atoms with Crippen LogP contribution in [0.5, 0.6) is 0 Å². The number of pyridine rings is 1. The van der Waals surface area contributed by atoms with E-state index < -0.39 is 15.8 Å². The van der Waals surface area contributed by atoms with Gasteiger partial charge < -0.3 is 15.1 Å². The highest BCUT2D eigenvalue weighted by Crippen LogP contribution is 2.30. The number of amides is 1. The van der Waals surface area contributed by atoms with E-state index in [1.807, 2.05) is 13.2 Å². The molecule has 40 heavy (non-hydrogen) atoms. The number of hydrogen-bond donors (Lipinski definition) is 1. The van der Waals surface area contributed by atoms with Crippen LogP contribution in [0, 0.1) is 11.7 Å². The topological polar surface area (TPSA) is 87.5 Å². The normalized spacial score (nSPS) is 14.9. The van der Waals surface area contributed by atoms with Gasteiger partial charge in [-0.3, -0.25) is 9.78 Å². The molecule has 2 aromatic heterocycles. The van der Waals surface area contributed by atoms with E-state index in [1.54, 1.807) is 35.2 Å². The molecular formula is C29H35ClFN5O3S. The zero-order valence-electron chi connectivity index (χ0n) is 22.9. The molecule has 0 atom stereocenters. The van der Waals surface area contributed by atoms with Crippen molar-refractivity contribution in [3.8, 4) is 11.3 Å². The number of alkyl halides is 1. The molecule has 0 unspecified atom stereocenters. The number of allylic oxidation sites excluding steroid dienone is 1. The Morgan fingerprint density at radius 1 is 1.23 bits per heavy atom. The molecule has 11 heteroatoms. The maximum atomic E-state index is 14.8. The second kappa shape index (κ2) is 12.9. The lowest BCUT2D eigenvalue weighted by atomic mass is 9.92. The monoisotopic (exact) mass is 587 g/mol. The van der Waals surface area contributed by atoms with Crippen molar-refractivity contribution in [3.05, 3.63) is 84.3 Å². The molecule has 1 amide bonds. The lowest BCUT2D eigenvalue weighted by Crippen LogP contribution is -2.42. The Morgan fingerprint density at radius 2 is 1.95 bits per heavy atom. The number of aromatic nitrogens is 2. The molecule has 0 aliphatic carbocycles. The number of benzene rings is 1. The average molecular weight is 588 g/mol. The number of carbonyl (C=O) groups is 1. The van der Waals surface area contributed by atoms with Gasteiger partial charge >= 0.3 is 0 Å². The highest BCUT2D eigenvalue weighted by Gasteiger charge is 2.27. The Labute approximate surface area is 240 Å². The van der Waals surface area contributed by atoms with Crippen LogP contribution in [0.2, 0.25) is 0 Å². The predicted molar refractivity (Wildman–Crippen MR) is 154 cm³/mol. The van der Waals surface area contributed by atoms with Crippen molar-refractivity contribution in [2.45, 2.75) is 44.2 Å². The van der Waals surface area contributed by atoms with Crippen molar-refractivity contribution in [2.24, 2.45) is 5.92 Å². The number of likely N-dealkylation sites (tertiary alicyclic amines) is 1. The van der Waals surface area contributed by atoms with E-state index in [0.717, 1.165) is 22.5 Å². The second-order valence-corrected chi connectivity index (χ2v) is 12.2. The van der Waals surface area contributed by atoms with Crippen molar-refractivity contribution in [1.82, 2.24) is 24.1 Å². The average Bonchev–Trinajstić information content (AvgIpc) is 3.40. The molecule has 3 aromatic rings. The molecule has 0 saturated carbocycles. The second-order valence-electron chi connectivity index (χ2n) is 10.1. The maximum absolute atomic E-state index is 14.8. The summed E-state index contributed by atoms with van der Waals surface area (Å²) in [5.74, 6) is -0.310. The largest absolute Gasteiger partial charge is 0.385 e. The molecule has 1 saturated heterocycles. The van der Waals surface area contributed by atoms with Crippen molar-refractivity contribution >= 4 is 27.5 Å². The van der Waals surface area contributed by atoms with E-state index in [0.29, 0.717) is 25.2 Å². The van der Waals surface area contributed by atoms with Gasteiger partial charge in [-0.05, 0) is 62.6 Å². The van der Waals surface area contributed by atoms with E-state index in [1.165, 1.54) is 30.7 Å². The molecule has 8 nitrogen and oxygen atoms in total. The van der Waals surface area contributed by atoms with Crippen molar-refractivity contribution < 1.29 is 17.6 Å². The number of nitrogens with one attached hydrogen (secondary N) is 1. The molecule has 1 fully saturated rings. The first-order valence-corrected chi connectivity index (χ1v) is 15.2. The summed E-state index contributed by atoms with van der Waals surface area (Å²) in [6.07, 6.45) is 7.92. The minimum absolute atomic E-state index is 0.00810. The summed E-state index contributed by atoms with van der Waals surface area (Å²) in [7, 11) is -1.97. The summed E-state index contributed by atoms with van der Waals surface area (Å²) in [5, 5.41) is 3.36. The predicted octanol–water partition coefficient (Wildman–Crippen LogP) is 4.67. The number of nitrogens with zero attached hydrogens (tertiary/aromatic N) is 4. The minimum Gasteiger partial charge on any atom is -0.385 e. The summed E-state index contributed by atoms with van der Waals surface area (Å²) in [6.45, 7) is 5.87. The standard InChI is InChI=1S/C29H35ClFN5O3S/c1-21(2)34(3)28(23-10-13-35(14-11-23)29(37)16-30)19-33-17-22-15-27(25-8-4-5-9-26(25)31)36(20-22)40(38,39)24-7-6-12-32-18-24/h4-9,12,15,18-21,23,33H,10-11,13-14,16-17H2,1-3H3/b28-19+. The Hall–Kier alpha value is -3.37. The SMILES string of the molecule is CC(C)N(C)/C(=C/NCc1cc(-c2ccccc2F)n(S(=O)(=O)c2cccnc2)c1)C1CCN(C(=O)CCl)CC1. The van der Waals surface area contributed by atoms with Crippen LogP contribution < -0.4 is 5.32 Å². The van der Waals surface area contributed by atoms with Gasteiger partial charge in [-0.2, -0.15) is 0 Å². The third kappa shape index (κ3) is 6.50. The molecule has 1 aliphatic rings. The zero-order chi connectivity index (χ0) is 28.9. The Bertz CT molecular complexity index is 1450. The van der Waals surface area contributed by atoms with E-state index in [4.69, 9.17) is 11.6 Å². The lowest BCUT2D eigenvalue weighted by Gasteiger charge is -2.37. The quantitative estimate of drug-likeness (QED) is 0.347. The van der Waals surface area contributed by atoms with Gasteiger partial charge in [-0.25, -0.2) is 16.8 Å². The number of rotatable bonds is 10. The molecule has 1 aliphatic heterocycles. The van der Waals surface area contributed by atoms with Crippen LogP contribution in [0.3, 0.4) is 0 Å². The molecule has 3 heterocycles. The fourth-order valence-corrected chi connectivity index (χ4v) is 6.38. The molecule has 0 radical (unpaired) electrons. The van der Waals surface area contributed by atoms with Gasteiger partial charge in [-0.15, -0.1) is 11.6 Å². The molecule has 4 rings (SSSR count). The van der Waals surface area contributed by atoms with Gasteiger partial charge in [0.25, 0.3) is 10.0 Å². The first-order chi connectivity index (χ1) is 19.1. The highest BCUT2D eigenvalue weighted by molar-refractivity contribution is 7.90.